The second kappa shape index (κ2) is 4.82. The van der Waals surface area contributed by atoms with Gasteiger partial charge in [-0.3, -0.25) is 9.69 Å². The van der Waals surface area contributed by atoms with Crippen LogP contribution >= 0.6 is 0 Å². The van der Waals surface area contributed by atoms with E-state index in [4.69, 9.17) is 0 Å². The Bertz CT molecular complexity index is 321. The van der Waals surface area contributed by atoms with Crippen molar-refractivity contribution in [2.75, 3.05) is 39.8 Å². The van der Waals surface area contributed by atoms with Gasteiger partial charge in [-0.2, -0.15) is 0 Å². The van der Waals surface area contributed by atoms with E-state index in [0.29, 0.717) is 5.91 Å². The van der Waals surface area contributed by atoms with Gasteiger partial charge in [0.2, 0.25) is 5.91 Å². The van der Waals surface area contributed by atoms with E-state index in [1.54, 1.807) is 0 Å². The van der Waals surface area contributed by atoms with Crippen LogP contribution in [0, 0.1) is 5.41 Å². The molecular weight excluding hydrogens is 226 g/mol. The Kier molecular flexibility index (Phi) is 3.70. The molecule has 2 saturated heterocycles. The van der Waals surface area contributed by atoms with Crippen LogP contribution in [0.3, 0.4) is 0 Å². The fraction of sp³-hybridized carbons (Fsp3) is 0.929. The summed E-state index contributed by atoms with van der Waals surface area (Å²) in [5.41, 5.74) is -0.0408. The molecular formula is C14H27N3O. The normalized spacial score (nSPS) is 32.8. The SMILES string of the molecule is CCC1(C(=O)N2CCN(C)C(C)(C)C2)CCNC1. The van der Waals surface area contributed by atoms with Crippen LogP contribution in [0.1, 0.15) is 33.6 Å². The molecule has 2 fully saturated rings. The fourth-order valence-corrected chi connectivity index (χ4v) is 3.13. The first-order valence-electron chi connectivity index (χ1n) is 7.13. The Hall–Kier alpha value is -0.610. The van der Waals surface area contributed by atoms with E-state index in [2.05, 4.69) is 42.9 Å². The summed E-state index contributed by atoms with van der Waals surface area (Å²) in [7, 11) is 2.15. The molecule has 2 aliphatic rings. The van der Waals surface area contributed by atoms with Gasteiger partial charge in [0.05, 0.1) is 5.41 Å². The minimum absolute atomic E-state index is 0.0921. The average Bonchev–Trinajstić information content (AvgIpc) is 2.81. The van der Waals surface area contributed by atoms with Crippen LogP contribution in [-0.4, -0.2) is 61.0 Å². The Labute approximate surface area is 111 Å². The molecule has 0 aromatic heterocycles. The molecule has 0 radical (unpaired) electrons. The van der Waals surface area contributed by atoms with E-state index in [1.165, 1.54) is 0 Å². The first-order chi connectivity index (χ1) is 8.41. The Morgan fingerprint density at radius 2 is 2.06 bits per heavy atom. The number of nitrogens with one attached hydrogen (secondary N) is 1. The molecule has 1 unspecified atom stereocenters. The Morgan fingerprint density at radius 3 is 2.56 bits per heavy atom. The highest BCUT2D eigenvalue weighted by molar-refractivity contribution is 5.83. The predicted molar refractivity (Wildman–Crippen MR) is 73.5 cm³/mol. The lowest BCUT2D eigenvalue weighted by Gasteiger charge is -2.47. The summed E-state index contributed by atoms with van der Waals surface area (Å²) in [6.45, 7) is 11.1. The molecule has 1 atom stereocenters. The maximum Gasteiger partial charge on any atom is 0.230 e. The van der Waals surface area contributed by atoms with Crippen molar-refractivity contribution in [1.82, 2.24) is 15.1 Å². The number of nitrogens with zero attached hydrogens (tertiary/aromatic N) is 2. The van der Waals surface area contributed by atoms with Crippen LogP contribution in [0.15, 0.2) is 0 Å². The fourth-order valence-electron chi connectivity index (χ4n) is 3.13. The van der Waals surface area contributed by atoms with Gasteiger partial charge in [-0.15, -0.1) is 0 Å². The van der Waals surface area contributed by atoms with Crippen molar-refractivity contribution in [3.63, 3.8) is 0 Å². The van der Waals surface area contributed by atoms with Crippen molar-refractivity contribution >= 4 is 5.91 Å². The van der Waals surface area contributed by atoms with Gasteiger partial charge in [-0.1, -0.05) is 6.92 Å². The van der Waals surface area contributed by atoms with Crippen molar-refractivity contribution in [3.05, 3.63) is 0 Å². The quantitative estimate of drug-likeness (QED) is 0.795. The lowest BCUT2D eigenvalue weighted by Crippen LogP contribution is -2.61. The summed E-state index contributed by atoms with van der Waals surface area (Å²) < 4.78 is 0. The van der Waals surface area contributed by atoms with Gasteiger partial charge >= 0.3 is 0 Å². The van der Waals surface area contributed by atoms with E-state index in [9.17, 15) is 4.79 Å². The highest BCUT2D eigenvalue weighted by Gasteiger charge is 2.44. The smallest absolute Gasteiger partial charge is 0.230 e. The molecule has 1 N–H and O–H groups in total. The van der Waals surface area contributed by atoms with Crippen LogP contribution < -0.4 is 5.32 Å². The second-order valence-corrected chi connectivity index (χ2v) is 6.52. The Morgan fingerprint density at radius 1 is 1.33 bits per heavy atom. The van der Waals surface area contributed by atoms with Crippen LogP contribution in [0.2, 0.25) is 0 Å². The van der Waals surface area contributed by atoms with E-state index in [-0.39, 0.29) is 11.0 Å². The lowest BCUT2D eigenvalue weighted by molar-refractivity contribution is -0.146. The second-order valence-electron chi connectivity index (χ2n) is 6.52. The zero-order valence-electron chi connectivity index (χ0n) is 12.3. The van der Waals surface area contributed by atoms with Crippen LogP contribution in [-0.2, 0) is 4.79 Å². The first-order valence-corrected chi connectivity index (χ1v) is 7.13. The Balaban J connectivity index is 2.10. The molecule has 1 amide bonds. The molecule has 2 rings (SSSR count). The van der Waals surface area contributed by atoms with Crippen molar-refractivity contribution in [2.45, 2.75) is 39.2 Å². The van der Waals surface area contributed by atoms with E-state index in [1.807, 2.05) is 0 Å². The molecule has 104 valence electrons. The van der Waals surface area contributed by atoms with E-state index in [0.717, 1.165) is 45.6 Å². The molecule has 0 bridgehead atoms. The summed E-state index contributed by atoms with van der Waals surface area (Å²) >= 11 is 0. The van der Waals surface area contributed by atoms with E-state index < -0.39 is 0 Å². The maximum atomic E-state index is 12.8. The zero-order valence-corrected chi connectivity index (χ0v) is 12.3. The molecule has 4 nitrogen and oxygen atoms in total. The number of hydrogen-bond donors (Lipinski definition) is 1. The topological polar surface area (TPSA) is 35.6 Å². The number of piperazine rings is 1. The largest absolute Gasteiger partial charge is 0.339 e. The summed E-state index contributed by atoms with van der Waals surface area (Å²) in [6, 6.07) is 0. The third kappa shape index (κ3) is 2.28. The van der Waals surface area contributed by atoms with Crippen molar-refractivity contribution in [1.29, 1.82) is 0 Å². The van der Waals surface area contributed by atoms with Crippen molar-refractivity contribution in [3.8, 4) is 0 Å². The van der Waals surface area contributed by atoms with Crippen LogP contribution in [0.25, 0.3) is 0 Å². The molecule has 2 aliphatic heterocycles. The molecule has 2 heterocycles. The highest BCUT2D eigenvalue weighted by atomic mass is 16.2. The maximum absolute atomic E-state index is 12.8. The van der Waals surface area contributed by atoms with Gasteiger partial charge in [0, 0.05) is 31.7 Å². The average molecular weight is 253 g/mol. The van der Waals surface area contributed by atoms with Crippen molar-refractivity contribution in [2.24, 2.45) is 5.41 Å². The molecule has 18 heavy (non-hydrogen) atoms. The number of carbonyl (C=O) groups excluding carboxylic acids is 1. The van der Waals surface area contributed by atoms with Crippen LogP contribution in [0.4, 0.5) is 0 Å². The lowest BCUT2D eigenvalue weighted by atomic mass is 9.82. The first kappa shape index (κ1) is 13.8. The van der Waals surface area contributed by atoms with Gasteiger partial charge in [0.25, 0.3) is 0 Å². The minimum atomic E-state index is -0.133. The molecule has 0 saturated carbocycles. The number of carbonyl (C=O) groups is 1. The summed E-state index contributed by atoms with van der Waals surface area (Å²) in [5.74, 6) is 0.371. The summed E-state index contributed by atoms with van der Waals surface area (Å²) in [6.07, 6.45) is 1.95. The summed E-state index contributed by atoms with van der Waals surface area (Å²) in [5, 5.41) is 3.36. The number of amides is 1. The standard InChI is InChI=1S/C14H27N3O/c1-5-14(6-7-15-10-14)12(18)17-9-8-16(4)13(2,3)11-17/h15H,5-11H2,1-4H3. The van der Waals surface area contributed by atoms with Gasteiger partial charge in [0.15, 0.2) is 0 Å². The summed E-state index contributed by atoms with van der Waals surface area (Å²) in [4.78, 5) is 17.3. The minimum Gasteiger partial charge on any atom is -0.339 e. The van der Waals surface area contributed by atoms with Crippen LogP contribution in [0.5, 0.6) is 0 Å². The molecule has 0 aliphatic carbocycles. The highest BCUT2D eigenvalue weighted by Crippen LogP contribution is 2.33. The molecule has 0 aromatic rings. The monoisotopic (exact) mass is 253 g/mol. The zero-order chi connectivity index (χ0) is 13.4. The van der Waals surface area contributed by atoms with Gasteiger partial charge < -0.3 is 10.2 Å². The number of rotatable bonds is 2. The van der Waals surface area contributed by atoms with Gasteiger partial charge in [0.1, 0.15) is 0 Å². The molecule has 4 heteroatoms. The number of likely N-dealkylation sites (N-methyl/N-ethyl adjacent to an activating group) is 1. The van der Waals surface area contributed by atoms with Gasteiger partial charge in [-0.05, 0) is 40.3 Å². The van der Waals surface area contributed by atoms with Crippen molar-refractivity contribution < 1.29 is 4.79 Å². The molecule has 0 spiro atoms. The van der Waals surface area contributed by atoms with E-state index >= 15 is 0 Å². The third-order valence-corrected chi connectivity index (χ3v) is 4.98. The predicted octanol–water partition coefficient (Wildman–Crippen LogP) is 0.929. The molecule has 0 aromatic carbocycles. The van der Waals surface area contributed by atoms with Gasteiger partial charge in [-0.25, -0.2) is 0 Å². The third-order valence-electron chi connectivity index (χ3n) is 4.98. The number of hydrogen-bond acceptors (Lipinski definition) is 3.